The molecular formula is C10H16N2O3S4. The number of nitrogens with two attached hydrogens (primary N) is 1. The van der Waals surface area contributed by atoms with E-state index in [1.54, 1.807) is 21.6 Å². The second kappa shape index (κ2) is 8.15. The van der Waals surface area contributed by atoms with Crippen molar-refractivity contribution >= 4 is 48.7 Å². The van der Waals surface area contributed by atoms with Gasteiger partial charge in [-0.25, -0.2) is 8.42 Å². The fourth-order valence-corrected chi connectivity index (χ4v) is 4.71. The van der Waals surface area contributed by atoms with Crippen LogP contribution in [0.1, 0.15) is 9.67 Å². The zero-order valence-electron chi connectivity index (χ0n) is 10.4. The highest BCUT2D eigenvalue weighted by molar-refractivity contribution is 8.76. The van der Waals surface area contributed by atoms with E-state index in [-0.39, 0.29) is 10.1 Å². The van der Waals surface area contributed by atoms with Gasteiger partial charge >= 0.3 is 0 Å². The number of carbonyl (C=O) groups is 1. The quantitative estimate of drug-likeness (QED) is 0.546. The van der Waals surface area contributed by atoms with Crippen LogP contribution in [0.2, 0.25) is 0 Å². The minimum absolute atomic E-state index is 0.213. The maximum Gasteiger partial charge on any atom is 0.261 e. The average Bonchev–Trinajstić information content (AvgIpc) is 2.82. The summed E-state index contributed by atoms with van der Waals surface area (Å²) in [5.74, 6) is 1.45. The van der Waals surface area contributed by atoms with E-state index in [4.69, 9.17) is 5.73 Å². The molecule has 1 aromatic heterocycles. The molecule has 108 valence electrons. The smallest absolute Gasteiger partial charge is 0.261 e. The lowest BCUT2D eigenvalue weighted by Crippen LogP contribution is -2.24. The van der Waals surface area contributed by atoms with Gasteiger partial charge in [0.1, 0.15) is 4.21 Å². The molecule has 0 atom stereocenters. The summed E-state index contributed by atoms with van der Waals surface area (Å²) in [6.45, 7) is 1.20. The molecule has 1 amide bonds. The van der Waals surface area contributed by atoms with E-state index in [9.17, 15) is 13.2 Å². The lowest BCUT2D eigenvalue weighted by molar-refractivity contribution is 0.0960. The molecule has 0 spiro atoms. The molecule has 9 heteroatoms. The molecule has 0 aromatic carbocycles. The van der Waals surface area contributed by atoms with Crippen molar-refractivity contribution in [3.05, 3.63) is 17.0 Å². The van der Waals surface area contributed by atoms with Crippen LogP contribution in [0.15, 0.2) is 16.3 Å². The van der Waals surface area contributed by atoms with Gasteiger partial charge in [0, 0.05) is 30.9 Å². The summed E-state index contributed by atoms with van der Waals surface area (Å²) in [5, 5.41) is 2.75. The lowest BCUT2D eigenvalue weighted by atomic mass is 10.4. The Morgan fingerprint density at radius 2 is 2.05 bits per heavy atom. The van der Waals surface area contributed by atoms with Crippen molar-refractivity contribution < 1.29 is 13.2 Å². The van der Waals surface area contributed by atoms with Crippen molar-refractivity contribution in [2.45, 2.75) is 4.21 Å². The maximum atomic E-state index is 11.7. The molecule has 1 rings (SSSR count). The van der Waals surface area contributed by atoms with Crippen molar-refractivity contribution in [2.75, 3.05) is 30.9 Å². The fourth-order valence-electron chi connectivity index (χ4n) is 1.10. The lowest BCUT2D eigenvalue weighted by Gasteiger charge is -2.02. The Labute approximate surface area is 125 Å². The zero-order valence-corrected chi connectivity index (χ0v) is 13.7. The second-order valence-electron chi connectivity index (χ2n) is 3.58. The van der Waals surface area contributed by atoms with E-state index in [0.29, 0.717) is 18.0 Å². The van der Waals surface area contributed by atoms with Crippen LogP contribution in [-0.2, 0) is 9.84 Å². The monoisotopic (exact) mass is 340 g/mol. The first-order valence-electron chi connectivity index (χ1n) is 5.47. The number of carbonyl (C=O) groups excluding carboxylic acids is 1. The summed E-state index contributed by atoms with van der Waals surface area (Å²) in [6, 6.07) is 2.99. The van der Waals surface area contributed by atoms with Crippen LogP contribution in [0.5, 0.6) is 0 Å². The van der Waals surface area contributed by atoms with Gasteiger partial charge in [0.05, 0.1) is 4.88 Å². The van der Waals surface area contributed by atoms with Crippen molar-refractivity contribution in [2.24, 2.45) is 5.73 Å². The molecule has 0 saturated heterocycles. The van der Waals surface area contributed by atoms with Crippen molar-refractivity contribution in [3.8, 4) is 0 Å². The zero-order chi connectivity index (χ0) is 14.3. The van der Waals surface area contributed by atoms with Crippen LogP contribution in [0.3, 0.4) is 0 Å². The van der Waals surface area contributed by atoms with E-state index < -0.39 is 9.84 Å². The van der Waals surface area contributed by atoms with Crippen LogP contribution in [0.25, 0.3) is 0 Å². The summed E-state index contributed by atoms with van der Waals surface area (Å²) in [4.78, 5) is 12.2. The third kappa shape index (κ3) is 6.17. The Bertz CT molecular complexity index is 513. The molecule has 3 N–H and O–H groups in total. The van der Waals surface area contributed by atoms with Gasteiger partial charge in [-0.2, -0.15) is 0 Å². The highest BCUT2D eigenvalue weighted by atomic mass is 33.1. The minimum Gasteiger partial charge on any atom is -0.350 e. The average molecular weight is 341 g/mol. The van der Waals surface area contributed by atoms with Crippen molar-refractivity contribution in [3.63, 3.8) is 0 Å². The Morgan fingerprint density at radius 1 is 1.37 bits per heavy atom. The van der Waals surface area contributed by atoms with E-state index in [1.165, 1.54) is 12.1 Å². The highest BCUT2D eigenvalue weighted by Crippen LogP contribution is 2.21. The van der Waals surface area contributed by atoms with Gasteiger partial charge in [0.15, 0.2) is 9.84 Å². The SMILES string of the molecule is CS(=O)(=O)c1ccc(C(=O)NCCSSCCN)s1. The third-order valence-corrected chi connectivity index (χ3v) is 7.27. The molecule has 0 radical (unpaired) electrons. The normalized spacial score (nSPS) is 11.5. The number of amides is 1. The minimum atomic E-state index is -3.23. The molecular weight excluding hydrogens is 324 g/mol. The number of hydrogen-bond donors (Lipinski definition) is 2. The Kier molecular flexibility index (Phi) is 7.22. The van der Waals surface area contributed by atoms with Gasteiger partial charge in [-0.15, -0.1) is 11.3 Å². The predicted molar refractivity (Wildman–Crippen MR) is 83.7 cm³/mol. The summed E-state index contributed by atoms with van der Waals surface area (Å²) in [7, 11) is 0.0941. The van der Waals surface area contributed by atoms with Crippen LogP contribution in [-0.4, -0.2) is 45.2 Å². The van der Waals surface area contributed by atoms with Crippen LogP contribution in [0.4, 0.5) is 0 Å². The predicted octanol–water partition coefficient (Wildman–Crippen LogP) is 1.22. The molecule has 0 aliphatic rings. The summed E-state index contributed by atoms with van der Waals surface area (Å²) in [6.07, 6.45) is 1.13. The Morgan fingerprint density at radius 3 is 2.63 bits per heavy atom. The van der Waals surface area contributed by atoms with Gasteiger partial charge in [-0.1, -0.05) is 21.6 Å². The van der Waals surface area contributed by atoms with Crippen molar-refractivity contribution in [1.29, 1.82) is 0 Å². The van der Waals surface area contributed by atoms with Crippen molar-refractivity contribution in [1.82, 2.24) is 5.32 Å². The molecule has 0 aliphatic carbocycles. The molecule has 19 heavy (non-hydrogen) atoms. The summed E-state index contributed by atoms with van der Waals surface area (Å²) >= 11 is 0.991. The first-order valence-corrected chi connectivity index (χ1v) is 10.7. The number of rotatable bonds is 8. The maximum absolute atomic E-state index is 11.7. The molecule has 5 nitrogen and oxygen atoms in total. The van der Waals surface area contributed by atoms with E-state index in [2.05, 4.69) is 5.32 Å². The number of sulfone groups is 1. The first kappa shape index (κ1) is 16.8. The van der Waals surface area contributed by atoms with Gasteiger partial charge in [0.2, 0.25) is 0 Å². The summed E-state index contributed by atoms with van der Waals surface area (Å²) in [5.41, 5.74) is 5.35. The topological polar surface area (TPSA) is 89.3 Å². The Hall–Kier alpha value is -0.220. The van der Waals surface area contributed by atoms with E-state index in [0.717, 1.165) is 29.1 Å². The molecule has 0 saturated carbocycles. The van der Waals surface area contributed by atoms with Crippen LogP contribution in [0, 0.1) is 0 Å². The number of hydrogen-bond acceptors (Lipinski definition) is 7. The van der Waals surface area contributed by atoms with Crippen LogP contribution >= 0.6 is 32.9 Å². The number of nitrogens with one attached hydrogen (secondary N) is 1. The van der Waals surface area contributed by atoms with E-state index >= 15 is 0 Å². The standard InChI is InChI=1S/C10H16N2O3S4/c1-19(14,15)9-3-2-8(18-9)10(13)12-5-7-17-16-6-4-11/h2-3H,4-7,11H2,1H3,(H,12,13). The van der Waals surface area contributed by atoms with Crippen LogP contribution < -0.4 is 11.1 Å². The van der Waals surface area contributed by atoms with Gasteiger partial charge in [-0.05, 0) is 12.1 Å². The van der Waals surface area contributed by atoms with Gasteiger partial charge < -0.3 is 11.1 Å². The highest BCUT2D eigenvalue weighted by Gasteiger charge is 2.14. The second-order valence-corrected chi connectivity index (χ2v) is 9.61. The molecule has 1 heterocycles. The Balaban J connectivity index is 2.36. The largest absolute Gasteiger partial charge is 0.350 e. The third-order valence-electron chi connectivity index (χ3n) is 1.93. The van der Waals surface area contributed by atoms with Gasteiger partial charge in [0.25, 0.3) is 5.91 Å². The molecule has 0 bridgehead atoms. The molecule has 0 unspecified atom stereocenters. The molecule has 1 aromatic rings. The van der Waals surface area contributed by atoms with Gasteiger partial charge in [-0.3, -0.25) is 4.79 Å². The van der Waals surface area contributed by atoms with E-state index in [1.807, 2.05) is 0 Å². The first-order chi connectivity index (χ1) is 8.95. The molecule has 0 aliphatic heterocycles. The number of thiophene rings is 1. The summed E-state index contributed by atoms with van der Waals surface area (Å²) < 4.78 is 22.8. The molecule has 0 fully saturated rings. The fraction of sp³-hybridized carbons (Fsp3) is 0.500.